The molecule has 0 heterocycles. The fourth-order valence-electron chi connectivity index (χ4n) is 1.55. The summed E-state index contributed by atoms with van der Waals surface area (Å²) in [6, 6.07) is 4.27. The van der Waals surface area contributed by atoms with E-state index in [1.165, 1.54) is 12.1 Å². The van der Waals surface area contributed by atoms with E-state index in [-0.39, 0.29) is 11.4 Å². The maximum atomic E-state index is 12.8. The molecule has 1 aliphatic rings. The van der Waals surface area contributed by atoms with Crippen molar-refractivity contribution < 1.29 is 9.18 Å². The van der Waals surface area contributed by atoms with Crippen molar-refractivity contribution in [2.75, 3.05) is 0 Å². The van der Waals surface area contributed by atoms with Crippen LogP contribution in [0.4, 0.5) is 4.39 Å². The van der Waals surface area contributed by atoms with E-state index in [9.17, 15) is 9.18 Å². The summed E-state index contributed by atoms with van der Waals surface area (Å²) in [6.45, 7) is 0. The van der Waals surface area contributed by atoms with Gasteiger partial charge in [-0.15, -0.1) is 0 Å². The van der Waals surface area contributed by atoms with E-state index in [1.807, 2.05) is 0 Å². The highest BCUT2D eigenvalue weighted by Gasteiger charge is 2.38. The highest BCUT2D eigenvalue weighted by atomic mass is 19.1. The van der Waals surface area contributed by atoms with Gasteiger partial charge in [-0.3, -0.25) is 4.79 Å². The monoisotopic (exact) mass is 193 g/mol. The van der Waals surface area contributed by atoms with Gasteiger partial charge in [0.15, 0.2) is 0 Å². The number of rotatable bonds is 3. The first-order valence-corrected chi connectivity index (χ1v) is 4.65. The summed E-state index contributed by atoms with van der Waals surface area (Å²) < 4.78 is 12.8. The SMILES string of the molecule is NC1(Cc2ccc(F)cc2C=O)CC1. The zero-order valence-corrected chi connectivity index (χ0v) is 7.79. The van der Waals surface area contributed by atoms with Crippen LogP contribution in [0.25, 0.3) is 0 Å². The van der Waals surface area contributed by atoms with E-state index >= 15 is 0 Å². The Morgan fingerprint density at radius 1 is 1.50 bits per heavy atom. The molecule has 3 heteroatoms. The molecule has 2 N–H and O–H groups in total. The lowest BCUT2D eigenvalue weighted by atomic mass is 10.00. The van der Waals surface area contributed by atoms with Crippen LogP contribution in [0.5, 0.6) is 0 Å². The lowest BCUT2D eigenvalue weighted by Crippen LogP contribution is -2.25. The predicted molar refractivity (Wildman–Crippen MR) is 51.6 cm³/mol. The fraction of sp³-hybridized carbons (Fsp3) is 0.364. The lowest BCUT2D eigenvalue weighted by Gasteiger charge is -2.10. The maximum Gasteiger partial charge on any atom is 0.150 e. The van der Waals surface area contributed by atoms with Gasteiger partial charge in [0.1, 0.15) is 12.1 Å². The van der Waals surface area contributed by atoms with Crippen LogP contribution in [-0.4, -0.2) is 11.8 Å². The largest absolute Gasteiger partial charge is 0.325 e. The Morgan fingerprint density at radius 2 is 2.21 bits per heavy atom. The molecule has 0 aromatic heterocycles. The van der Waals surface area contributed by atoms with Gasteiger partial charge in [-0.1, -0.05) is 6.07 Å². The minimum Gasteiger partial charge on any atom is -0.325 e. The van der Waals surface area contributed by atoms with Crippen molar-refractivity contribution in [1.82, 2.24) is 0 Å². The van der Waals surface area contributed by atoms with E-state index in [4.69, 9.17) is 5.73 Å². The number of halogens is 1. The van der Waals surface area contributed by atoms with E-state index in [1.54, 1.807) is 6.07 Å². The number of aldehydes is 1. The van der Waals surface area contributed by atoms with Crippen LogP contribution in [0.1, 0.15) is 28.8 Å². The molecular formula is C11H12FNO. The minimum absolute atomic E-state index is 0.143. The fourth-order valence-corrected chi connectivity index (χ4v) is 1.55. The average molecular weight is 193 g/mol. The van der Waals surface area contributed by atoms with Crippen molar-refractivity contribution in [3.8, 4) is 0 Å². The lowest BCUT2D eigenvalue weighted by molar-refractivity contribution is 0.112. The van der Waals surface area contributed by atoms with Gasteiger partial charge in [0.2, 0.25) is 0 Å². The van der Waals surface area contributed by atoms with Crippen LogP contribution in [-0.2, 0) is 6.42 Å². The summed E-state index contributed by atoms with van der Waals surface area (Å²) in [5.41, 5.74) is 7.05. The quantitative estimate of drug-likeness (QED) is 0.742. The van der Waals surface area contributed by atoms with Gasteiger partial charge in [-0.25, -0.2) is 4.39 Å². The molecule has 0 unspecified atom stereocenters. The van der Waals surface area contributed by atoms with Gasteiger partial charge in [-0.2, -0.15) is 0 Å². The highest BCUT2D eigenvalue weighted by Crippen LogP contribution is 2.36. The zero-order chi connectivity index (χ0) is 10.2. The smallest absolute Gasteiger partial charge is 0.150 e. The average Bonchev–Trinajstić information content (AvgIpc) is 2.87. The molecule has 74 valence electrons. The second-order valence-corrected chi connectivity index (χ2v) is 4.00. The Morgan fingerprint density at radius 3 is 2.79 bits per heavy atom. The van der Waals surface area contributed by atoms with Gasteiger partial charge in [0, 0.05) is 11.1 Å². The Balaban J connectivity index is 2.27. The van der Waals surface area contributed by atoms with Crippen LogP contribution in [0.2, 0.25) is 0 Å². The number of benzene rings is 1. The van der Waals surface area contributed by atoms with E-state index < -0.39 is 0 Å². The number of nitrogens with two attached hydrogens (primary N) is 1. The first-order valence-electron chi connectivity index (χ1n) is 4.65. The summed E-state index contributed by atoms with van der Waals surface area (Å²) in [5, 5.41) is 0. The zero-order valence-electron chi connectivity index (χ0n) is 7.79. The van der Waals surface area contributed by atoms with Crippen molar-refractivity contribution in [3.63, 3.8) is 0 Å². The molecule has 0 atom stereocenters. The molecule has 0 spiro atoms. The Bertz CT molecular complexity index is 372. The van der Waals surface area contributed by atoms with Gasteiger partial charge in [0.25, 0.3) is 0 Å². The first-order chi connectivity index (χ1) is 6.63. The maximum absolute atomic E-state index is 12.8. The van der Waals surface area contributed by atoms with Crippen molar-refractivity contribution in [2.24, 2.45) is 5.73 Å². The molecule has 0 saturated heterocycles. The summed E-state index contributed by atoms with van der Waals surface area (Å²) in [5.74, 6) is -0.377. The third-order valence-electron chi connectivity index (χ3n) is 2.67. The van der Waals surface area contributed by atoms with Crippen LogP contribution >= 0.6 is 0 Å². The number of hydrogen-bond donors (Lipinski definition) is 1. The minimum atomic E-state index is -0.377. The predicted octanol–water partition coefficient (Wildman–Crippen LogP) is 1.67. The van der Waals surface area contributed by atoms with Gasteiger partial charge in [-0.05, 0) is 37.0 Å². The molecular weight excluding hydrogens is 181 g/mol. The molecule has 14 heavy (non-hydrogen) atoms. The Kier molecular flexibility index (Phi) is 2.11. The molecule has 1 aromatic carbocycles. The third-order valence-corrected chi connectivity index (χ3v) is 2.67. The van der Waals surface area contributed by atoms with E-state index in [2.05, 4.69) is 0 Å². The van der Waals surface area contributed by atoms with Crippen molar-refractivity contribution in [1.29, 1.82) is 0 Å². The Labute approximate surface area is 81.9 Å². The molecule has 2 nitrogen and oxygen atoms in total. The number of carbonyl (C=O) groups is 1. The first kappa shape index (κ1) is 9.34. The second kappa shape index (κ2) is 3.17. The van der Waals surface area contributed by atoms with Crippen LogP contribution in [0.15, 0.2) is 18.2 Å². The van der Waals surface area contributed by atoms with Gasteiger partial charge in [0.05, 0.1) is 0 Å². The second-order valence-electron chi connectivity index (χ2n) is 4.00. The Hall–Kier alpha value is -1.22. The molecule has 0 amide bonds. The summed E-state index contributed by atoms with van der Waals surface area (Å²) >= 11 is 0. The van der Waals surface area contributed by atoms with Crippen LogP contribution in [0, 0.1) is 5.82 Å². The topological polar surface area (TPSA) is 43.1 Å². The van der Waals surface area contributed by atoms with Crippen molar-refractivity contribution in [2.45, 2.75) is 24.8 Å². The molecule has 0 aliphatic heterocycles. The number of hydrogen-bond acceptors (Lipinski definition) is 2. The van der Waals surface area contributed by atoms with Crippen molar-refractivity contribution in [3.05, 3.63) is 35.1 Å². The summed E-state index contributed by atoms with van der Waals surface area (Å²) in [6.07, 6.45) is 3.33. The molecule has 0 bridgehead atoms. The molecule has 1 aromatic rings. The van der Waals surface area contributed by atoms with Gasteiger partial charge < -0.3 is 5.73 Å². The van der Waals surface area contributed by atoms with E-state index in [0.717, 1.165) is 18.4 Å². The van der Waals surface area contributed by atoms with Gasteiger partial charge >= 0.3 is 0 Å². The normalized spacial score (nSPS) is 17.9. The van der Waals surface area contributed by atoms with E-state index in [0.29, 0.717) is 18.3 Å². The van der Waals surface area contributed by atoms with Crippen molar-refractivity contribution >= 4 is 6.29 Å². The molecule has 1 saturated carbocycles. The molecule has 1 fully saturated rings. The summed E-state index contributed by atoms with van der Waals surface area (Å²) in [7, 11) is 0. The molecule has 2 rings (SSSR count). The van der Waals surface area contributed by atoms with Crippen LogP contribution < -0.4 is 5.73 Å². The molecule has 1 aliphatic carbocycles. The van der Waals surface area contributed by atoms with Crippen LogP contribution in [0.3, 0.4) is 0 Å². The standard InChI is InChI=1S/C11H12FNO/c12-10-2-1-8(9(5-10)7-14)6-11(13)3-4-11/h1-2,5,7H,3-4,6,13H2. The third kappa shape index (κ3) is 1.82. The number of carbonyl (C=O) groups excluding carboxylic acids is 1. The molecule has 0 radical (unpaired) electrons. The highest BCUT2D eigenvalue weighted by molar-refractivity contribution is 5.77. The summed E-state index contributed by atoms with van der Waals surface area (Å²) in [4.78, 5) is 10.7.